The molecule has 27 heavy (non-hydrogen) atoms. The number of aromatic nitrogens is 2. The SMILES string of the molecule is C[C@H](Cn1cc(Cl)cn1)C(=O)Nc1ccc(OCC(=O)N2CCCC2)cc1. The molecule has 1 aromatic carbocycles. The smallest absolute Gasteiger partial charge is 0.260 e. The molecule has 2 amide bonds. The lowest BCUT2D eigenvalue weighted by Crippen LogP contribution is -2.32. The summed E-state index contributed by atoms with van der Waals surface area (Å²) in [5.41, 5.74) is 0.670. The Kier molecular flexibility index (Phi) is 6.34. The predicted molar refractivity (Wildman–Crippen MR) is 103 cm³/mol. The summed E-state index contributed by atoms with van der Waals surface area (Å²) in [6, 6.07) is 6.99. The molecule has 0 saturated carbocycles. The lowest BCUT2D eigenvalue weighted by molar-refractivity contribution is -0.132. The summed E-state index contributed by atoms with van der Waals surface area (Å²) >= 11 is 5.83. The van der Waals surface area contributed by atoms with Crippen LogP contribution in [-0.4, -0.2) is 46.2 Å². The number of hydrogen-bond donors (Lipinski definition) is 1. The lowest BCUT2D eigenvalue weighted by atomic mass is 10.1. The molecule has 0 radical (unpaired) electrons. The van der Waals surface area contributed by atoms with E-state index in [1.54, 1.807) is 41.3 Å². The van der Waals surface area contributed by atoms with Gasteiger partial charge in [0.25, 0.3) is 5.91 Å². The maximum Gasteiger partial charge on any atom is 0.260 e. The Labute approximate surface area is 163 Å². The van der Waals surface area contributed by atoms with Crippen LogP contribution in [0.3, 0.4) is 0 Å². The summed E-state index contributed by atoms with van der Waals surface area (Å²) in [5.74, 6) is 0.228. The zero-order valence-corrected chi connectivity index (χ0v) is 16.0. The first kappa shape index (κ1) is 19.2. The van der Waals surface area contributed by atoms with Crippen LogP contribution in [0.4, 0.5) is 5.69 Å². The molecule has 1 fully saturated rings. The first-order valence-electron chi connectivity index (χ1n) is 9.01. The van der Waals surface area contributed by atoms with E-state index in [0.29, 0.717) is 23.0 Å². The summed E-state index contributed by atoms with van der Waals surface area (Å²) in [7, 11) is 0. The zero-order chi connectivity index (χ0) is 19.2. The van der Waals surface area contributed by atoms with Crippen LogP contribution in [0.2, 0.25) is 5.02 Å². The lowest BCUT2D eigenvalue weighted by Gasteiger charge is -2.16. The van der Waals surface area contributed by atoms with Crippen molar-refractivity contribution < 1.29 is 14.3 Å². The van der Waals surface area contributed by atoms with E-state index in [1.807, 2.05) is 11.8 Å². The number of carbonyl (C=O) groups is 2. The van der Waals surface area contributed by atoms with Crippen LogP contribution in [0.5, 0.6) is 5.75 Å². The van der Waals surface area contributed by atoms with Crippen molar-refractivity contribution in [2.75, 3.05) is 25.0 Å². The molecule has 1 aromatic heterocycles. The molecule has 2 aromatic rings. The van der Waals surface area contributed by atoms with Crippen molar-refractivity contribution >= 4 is 29.1 Å². The van der Waals surface area contributed by atoms with Gasteiger partial charge in [-0.2, -0.15) is 5.10 Å². The summed E-state index contributed by atoms with van der Waals surface area (Å²) in [6.07, 6.45) is 5.35. The van der Waals surface area contributed by atoms with E-state index in [0.717, 1.165) is 25.9 Å². The average molecular weight is 391 g/mol. The molecule has 1 aliphatic heterocycles. The van der Waals surface area contributed by atoms with Crippen LogP contribution in [0.1, 0.15) is 19.8 Å². The third kappa shape index (κ3) is 5.47. The minimum absolute atomic E-state index is 0.0115. The van der Waals surface area contributed by atoms with Gasteiger partial charge in [-0.1, -0.05) is 18.5 Å². The van der Waals surface area contributed by atoms with Crippen LogP contribution in [0, 0.1) is 5.92 Å². The zero-order valence-electron chi connectivity index (χ0n) is 15.2. The highest BCUT2D eigenvalue weighted by Gasteiger charge is 2.18. The normalized spacial score (nSPS) is 14.8. The fourth-order valence-electron chi connectivity index (χ4n) is 2.90. The summed E-state index contributed by atoms with van der Waals surface area (Å²) < 4.78 is 7.18. The van der Waals surface area contributed by atoms with Gasteiger partial charge in [-0.3, -0.25) is 14.3 Å². The number of ether oxygens (including phenoxy) is 1. The number of rotatable bonds is 7. The minimum atomic E-state index is -0.269. The van der Waals surface area contributed by atoms with Crippen LogP contribution in [-0.2, 0) is 16.1 Å². The van der Waals surface area contributed by atoms with Crippen LogP contribution in [0.25, 0.3) is 0 Å². The fourth-order valence-corrected chi connectivity index (χ4v) is 3.06. The van der Waals surface area contributed by atoms with Gasteiger partial charge in [0.05, 0.1) is 23.7 Å². The topological polar surface area (TPSA) is 76.5 Å². The molecule has 1 saturated heterocycles. The van der Waals surface area contributed by atoms with E-state index in [2.05, 4.69) is 10.4 Å². The monoisotopic (exact) mass is 390 g/mol. The number of nitrogens with one attached hydrogen (secondary N) is 1. The van der Waals surface area contributed by atoms with Crippen molar-refractivity contribution in [2.45, 2.75) is 26.3 Å². The summed E-state index contributed by atoms with van der Waals surface area (Å²) in [6.45, 7) is 3.94. The second-order valence-corrected chi connectivity index (χ2v) is 7.11. The third-order valence-corrected chi connectivity index (χ3v) is 4.65. The van der Waals surface area contributed by atoms with E-state index in [9.17, 15) is 9.59 Å². The largest absolute Gasteiger partial charge is 0.484 e. The molecule has 0 aliphatic carbocycles. The van der Waals surface area contributed by atoms with Crippen molar-refractivity contribution in [1.29, 1.82) is 0 Å². The van der Waals surface area contributed by atoms with Crippen molar-refractivity contribution in [3.8, 4) is 5.75 Å². The van der Waals surface area contributed by atoms with Gasteiger partial charge in [0, 0.05) is 25.0 Å². The molecule has 1 aliphatic rings. The second-order valence-electron chi connectivity index (χ2n) is 6.67. The Morgan fingerprint density at radius 3 is 2.59 bits per heavy atom. The van der Waals surface area contributed by atoms with Gasteiger partial charge in [0.1, 0.15) is 5.75 Å². The fraction of sp³-hybridized carbons (Fsp3) is 0.421. The highest BCUT2D eigenvalue weighted by Crippen LogP contribution is 2.17. The van der Waals surface area contributed by atoms with Crippen LogP contribution in [0.15, 0.2) is 36.7 Å². The molecule has 7 nitrogen and oxygen atoms in total. The van der Waals surface area contributed by atoms with E-state index >= 15 is 0 Å². The van der Waals surface area contributed by atoms with Gasteiger partial charge in [-0.05, 0) is 37.1 Å². The van der Waals surface area contributed by atoms with Crippen LogP contribution >= 0.6 is 11.6 Å². The predicted octanol–water partition coefficient (Wildman–Crippen LogP) is 2.81. The number of anilines is 1. The molecule has 8 heteroatoms. The van der Waals surface area contributed by atoms with Crippen LogP contribution < -0.4 is 10.1 Å². The van der Waals surface area contributed by atoms with Gasteiger partial charge in [-0.25, -0.2) is 0 Å². The molecular weight excluding hydrogens is 368 g/mol. The Bertz CT molecular complexity index is 785. The minimum Gasteiger partial charge on any atom is -0.484 e. The van der Waals surface area contributed by atoms with Gasteiger partial charge in [0.2, 0.25) is 5.91 Å². The number of hydrogen-bond acceptors (Lipinski definition) is 4. The maximum absolute atomic E-state index is 12.3. The van der Waals surface area contributed by atoms with E-state index < -0.39 is 0 Å². The maximum atomic E-state index is 12.3. The molecular formula is C19H23ClN4O3. The highest BCUT2D eigenvalue weighted by atomic mass is 35.5. The third-order valence-electron chi connectivity index (χ3n) is 4.45. The first-order valence-corrected chi connectivity index (χ1v) is 9.38. The number of amides is 2. The molecule has 0 unspecified atom stereocenters. The second kappa shape index (κ2) is 8.90. The van der Waals surface area contributed by atoms with Crippen molar-refractivity contribution in [3.63, 3.8) is 0 Å². The number of likely N-dealkylation sites (tertiary alicyclic amines) is 1. The Balaban J connectivity index is 1.46. The Morgan fingerprint density at radius 2 is 1.96 bits per heavy atom. The van der Waals surface area contributed by atoms with E-state index in [4.69, 9.17) is 16.3 Å². The molecule has 2 heterocycles. The molecule has 0 spiro atoms. The Hall–Kier alpha value is -2.54. The van der Waals surface area contributed by atoms with Crippen molar-refractivity contribution in [2.24, 2.45) is 5.92 Å². The molecule has 1 atom stereocenters. The van der Waals surface area contributed by atoms with E-state index in [1.165, 1.54) is 0 Å². The van der Waals surface area contributed by atoms with Gasteiger partial charge in [-0.15, -0.1) is 0 Å². The number of benzene rings is 1. The van der Waals surface area contributed by atoms with Gasteiger partial charge in [0.15, 0.2) is 6.61 Å². The van der Waals surface area contributed by atoms with Crippen molar-refractivity contribution in [1.82, 2.24) is 14.7 Å². The molecule has 3 rings (SSSR count). The molecule has 144 valence electrons. The van der Waals surface area contributed by atoms with Crippen molar-refractivity contribution in [3.05, 3.63) is 41.7 Å². The summed E-state index contributed by atoms with van der Waals surface area (Å²) in [5, 5.41) is 7.48. The summed E-state index contributed by atoms with van der Waals surface area (Å²) in [4.78, 5) is 26.1. The van der Waals surface area contributed by atoms with Gasteiger partial charge < -0.3 is 15.0 Å². The number of nitrogens with zero attached hydrogens (tertiary/aromatic N) is 3. The number of halogens is 1. The average Bonchev–Trinajstić information content (AvgIpc) is 3.33. The van der Waals surface area contributed by atoms with Gasteiger partial charge >= 0.3 is 0 Å². The Morgan fingerprint density at radius 1 is 1.26 bits per heavy atom. The number of carbonyl (C=O) groups excluding carboxylic acids is 2. The molecule has 1 N–H and O–H groups in total. The first-order chi connectivity index (χ1) is 13.0. The highest BCUT2D eigenvalue weighted by molar-refractivity contribution is 6.30. The standard InChI is InChI=1S/C19H23ClN4O3/c1-14(11-24-12-15(20)10-21-24)19(26)22-16-4-6-17(7-5-16)27-13-18(25)23-8-2-3-9-23/h4-7,10,12,14H,2-3,8-9,11,13H2,1H3,(H,22,26)/t14-/m1/s1. The molecule has 0 bridgehead atoms. The quantitative estimate of drug-likeness (QED) is 0.788. The van der Waals surface area contributed by atoms with E-state index in [-0.39, 0.29) is 24.3 Å².